The fraction of sp³-hybridized carbons (Fsp3) is 0.462. The lowest BCUT2D eigenvalue weighted by Crippen LogP contribution is -1.90. The predicted molar refractivity (Wildman–Crippen MR) is 184 cm³/mol. The van der Waals surface area contributed by atoms with Crippen molar-refractivity contribution in [2.45, 2.75) is 114 Å². The van der Waals surface area contributed by atoms with Gasteiger partial charge in [0.25, 0.3) is 0 Å². The smallest absolute Gasteiger partial charge is 0.0994 e. The lowest BCUT2D eigenvalue weighted by Gasteiger charge is -2.05. The molecule has 0 aliphatic heterocycles. The highest BCUT2D eigenvalue weighted by Crippen LogP contribution is 2.11. The molecule has 222 valence electrons. The molecule has 1 nitrogen and oxygen atoms in total. The van der Waals surface area contributed by atoms with Crippen molar-refractivity contribution in [3.8, 4) is 6.07 Å². The van der Waals surface area contributed by atoms with E-state index >= 15 is 0 Å². The molecule has 0 radical (unpaired) electrons. The van der Waals surface area contributed by atoms with Crippen LogP contribution >= 0.6 is 0 Å². The SMILES string of the molecule is C=C(C)/C(C#N)=C\C=C/C.C=C(C)CC(C)CC.CCCCCCC.Cc1ccc(C)cc1.Cc1ccccc1. The molecule has 0 amide bonds. The second-order valence-electron chi connectivity index (χ2n) is 10.5. The highest BCUT2D eigenvalue weighted by Gasteiger charge is 1.96. The third kappa shape index (κ3) is 32.9. The molecule has 2 rings (SSSR count). The largest absolute Gasteiger partial charge is 0.192 e. The van der Waals surface area contributed by atoms with E-state index < -0.39 is 0 Å². The minimum atomic E-state index is 0.637. The number of nitriles is 1. The molecule has 0 heterocycles. The zero-order chi connectivity index (χ0) is 31.2. The summed E-state index contributed by atoms with van der Waals surface area (Å²) in [4.78, 5) is 0. The van der Waals surface area contributed by atoms with Crippen molar-refractivity contribution < 1.29 is 0 Å². The normalized spacial score (nSPS) is 10.6. The fourth-order valence-corrected chi connectivity index (χ4v) is 3.05. The summed E-state index contributed by atoms with van der Waals surface area (Å²) < 4.78 is 0. The summed E-state index contributed by atoms with van der Waals surface area (Å²) in [6.45, 7) is 28.6. The van der Waals surface area contributed by atoms with Gasteiger partial charge in [-0.3, -0.25) is 0 Å². The van der Waals surface area contributed by atoms with Gasteiger partial charge in [-0.25, -0.2) is 0 Å². The number of benzene rings is 2. The van der Waals surface area contributed by atoms with E-state index in [-0.39, 0.29) is 0 Å². The molecule has 40 heavy (non-hydrogen) atoms. The molecule has 0 spiro atoms. The molecule has 2 aromatic rings. The molecule has 2 aromatic carbocycles. The number of aryl methyl sites for hydroxylation is 3. The number of rotatable bonds is 9. The van der Waals surface area contributed by atoms with Crippen LogP contribution in [0.15, 0.2) is 103 Å². The minimum Gasteiger partial charge on any atom is -0.192 e. The van der Waals surface area contributed by atoms with Crippen molar-refractivity contribution in [1.29, 1.82) is 5.26 Å². The Morgan fingerprint density at radius 3 is 1.50 bits per heavy atom. The fourth-order valence-electron chi connectivity index (χ4n) is 3.05. The summed E-state index contributed by atoms with van der Waals surface area (Å²) in [6.07, 6.45) is 14.9. The van der Waals surface area contributed by atoms with E-state index in [1.54, 1.807) is 6.08 Å². The summed E-state index contributed by atoms with van der Waals surface area (Å²) in [7, 11) is 0. The van der Waals surface area contributed by atoms with Crippen LogP contribution in [-0.4, -0.2) is 0 Å². The first-order chi connectivity index (χ1) is 19.0. The first-order valence-electron chi connectivity index (χ1n) is 15.1. The molecule has 0 fully saturated rings. The van der Waals surface area contributed by atoms with Crippen molar-refractivity contribution in [1.82, 2.24) is 0 Å². The Morgan fingerprint density at radius 2 is 1.25 bits per heavy atom. The van der Waals surface area contributed by atoms with Gasteiger partial charge in [-0.15, -0.1) is 6.58 Å². The molecule has 0 aliphatic carbocycles. The van der Waals surface area contributed by atoms with Crippen molar-refractivity contribution in [2.24, 2.45) is 5.92 Å². The van der Waals surface area contributed by atoms with Crippen molar-refractivity contribution in [3.63, 3.8) is 0 Å². The molecule has 1 heteroatoms. The lowest BCUT2D eigenvalue weighted by molar-refractivity contribution is 0.558. The molecular weight excluding hydrogens is 482 g/mol. The third-order valence-electron chi connectivity index (χ3n) is 5.80. The van der Waals surface area contributed by atoms with Crippen LogP contribution in [0.1, 0.15) is 110 Å². The van der Waals surface area contributed by atoms with E-state index in [1.165, 1.54) is 67.2 Å². The Kier molecular flexibility index (Phi) is 31.5. The first kappa shape index (κ1) is 41.4. The molecule has 1 unspecified atom stereocenters. The molecule has 1 atom stereocenters. The number of hydrogen-bond donors (Lipinski definition) is 0. The van der Waals surface area contributed by atoms with Gasteiger partial charge in [-0.05, 0) is 65.5 Å². The lowest BCUT2D eigenvalue weighted by atomic mass is 10.0. The van der Waals surface area contributed by atoms with E-state index in [2.05, 4.69) is 105 Å². The van der Waals surface area contributed by atoms with E-state index in [0.717, 1.165) is 11.5 Å². The second kappa shape index (κ2) is 30.4. The summed E-state index contributed by atoms with van der Waals surface area (Å²) in [5.41, 5.74) is 6.73. The highest BCUT2D eigenvalue weighted by molar-refractivity contribution is 5.40. The Labute approximate surface area is 250 Å². The van der Waals surface area contributed by atoms with Crippen LogP contribution in [0.4, 0.5) is 0 Å². The van der Waals surface area contributed by atoms with Crippen LogP contribution in [0.25, 0.3) is 0 Å². The summed E-state index contributed by atoms with van der Waals surface area (Å²) in [6, 6.07) is 20.8. The minimum absolute atomic E-state index is 0.637. The van der Waals surface area contributed by atoms with Gasteiger partial charge in [-0.2, -0.15) is 5.26 Å². The van der Waals surface area contributed by atoms with Gasteiger partial charge in [-0.1, -0.05) is 162 Å². The van der Waals surface area contributed by atoms with Crippen LogP contribution < -0.4 is 0 Å². The topological polar surface area (TPSA) is 23.8 Å². The highest BCUT2D eigenvalue weighted by atomic mass is 14.2. The van der Waals surface area contributed by atoms with E-state index in [4.69, 9.17) is 5.26 Å². The van der Waals surface area contributed by atoms with Gasteiger partial charge >= 0.3 is 0 Å². The average molecular weight is 544 g/mol. The first-order valence-corrected chi connectivity index (χ1v) is 15.1. The van der Waals surface area contributed by atoms with E-state index in [1.807, 2.05) is 50.3 Å². The molecular formula is C39H61N. The standard InChI is InChI=1S/C9H11N.C8H10.C8H16.C7H8.C7H16/c1-4-5-6-9(7-10)8(2)3;1-7-3-5-8(2)6-4-7;1-5-8(4)6-7(2)3;1-7-5-3-2-4-6-7;1-3-5-7-6-4-2/h4-6H,2H2,1,3H3;3-6H,1-2H3;8H,2,5-6H2,1,3-4H3;2-6H,1H3;3-7H2,1-2H3/b5-4-,9-6-;;;;. The Morgan fingerprint density at radius 1 is 0.800 bits per heavy atom. The van der Waals surface area contributed by atoms with Crippen LogP contribution in [0, 0.1) is 38.0 Å². The number of unbranched alkanes of at least 4 members (excludes halogenated alkanes) is 4. The van der Waals surface area contributed by atoms with E-state index in [9.17, 15) is 0 Å². The maximum Gasteiger partial charge on any atom is 0.0994 e. The van der Waals surface area contributed by atoms with Crippen LogP contribution in [0.2, 0.25) is 0 Å². The van der Waals surface area contributed by atoms with Gasteiger partial charge in [0.1, 0.15) is 0 Å². The van der Waals surface area contributed by atoms with Gasteiger partial charge < -0.3 is 0 Å². The molecule has 0 saturated carbocycles. The van der Waals surface area contributed by atoms with E-state index in [0.29, 0.717) is 5.57 Å². The molecule has 0 aromatic heterocycles. The number of nitrogens with zero attached hydrogens (tertiary/aromatic N) is 1. The quantitative estimate of drug-likeness (QED) is 0.133. The zero-order valence-electron chi connectivity index (χ0n) is 27.8. The predicted octanol–water partition coefficient (Wildman–Crippen LogP) is 12.9. The summed E-state index contributed by atoms with van der Waals surface area (Å²) >= 11 is 0. The number of hydrogen-bond acceptors (Lipinski definition) is 1. The van der Waals surface area contributed by atoms with Gasteiger partial charge in [0.05, 0.1) is 11.6 Å². The summed E-state index contributed by atoms with van der Waals surface area (Å²) in [5.74, 6) is 0.826. The third-order valence-corrected chi connectivity index (χ3v) is 5.80. The Bertz CT molecular complexity index is 927. The van der Waals surface area contributed by atoms with Gasteiger partial charge in [0, 0.05) is 0 Å². The molecule has 0 N–H and O–H groups in total. The van der Waals surface area contributed by atoms with Crippen molar-refractivity contribution in [2.75, 3.05) is 0 Å². The Balaban J connectivity index is -0.000000430. The van der Waals surface area contributed by atoms with Crippen LogP contribution in [0.5, 0.6) is 0 Å². The van der Waals surface area contributed by atoms with Crippen molar-refractivity contribution >= 4 is 0 Å². The maximum atomic E-state index is 8.51. The van der Waals surface area contributed by atoms with Crippen LogP contribution in [0.3, 0.4) is 0 Å². The van der Waals surface area contributed by atoms with Gasteiger partial charge in [0.15, 0.2) is 0 Å². The average Bonchev–Trinajstić information content (AvgIpc) is 2.92. The van der Waals surface area contributed by atoms with Gasteiger partial charge in [0.2, 0.25) is 0 Å². The zero-order valence-corrected chi connectivity index (χ0v) is 27.8. The second-order valence-corrected chi connectivity index (χ2v) is 10.5. The Hall–Kier alpha value is -3.11. The van der Waals surface area contributed by atoms with Crippen molar-refractivity contribution in [3.05, 3.63) is 119 Å². The molecule has 0 saturated heterocycles. The number of allylic oxidation sites excluding steroid dienone is 6. The molecule has 0 bridgehead atoms. The summed E-state index contributed by atoms with van der Waals surface area (Å²) in [5, 5.41) is 8.51. The van der Waals surface area contributed by atoms with Crippen LogP contribution in [-0.2, 0) is 0 Å². The molecule has 0 aliphatic rings. The monoisotopic (exact) mass is 543 g/mol. The maximum absolute atomic E-state index is 8.51.